The number of rotatable bonds is 7. The van der Waals surface area contributed by atoms with Crippen molar-refractivity contribution in [1.29, 1.82) is 0 Å². The van der Waals surface area contributed by atoms with E-state index in [0.717, 1.165) is 10.2 Å². The molecule has 0 bridgehead atoms. The lowest BCUT2D eigenvalue weighted by Gasteiger charge is -2.34. The van der Waals surface area contributed by atoms with E-state index in [1.165, 1.54) is 12.1 Å². The zero-order valence-electron chi connectivity index (χ0n) is 16.2. The van der Waals surface area contributed by atoms with E-state index in [4.69, 9.17) is 0 Å². The van der Waals surface area contributed by atoms with E-state index in [1.54, 1.807) is 17.0 Å². The Bertz CT molecular complexity index is 872. The van der Waals surface area contributed by atoms with Crippen LogP contribution in [0, 0.1) is 0 Å². The van der Waals surface area contributed by atoms with Gasteiger partial charge >= 0.3 is 6.61 Å². The number of piperazine rings is 1. The highest BCUT2D eigenvalue weighted by Crippen LogP contribution is 2.22. The molecule has 0 unspecified atom stereocenters. The van der Waals surface area contributed by atoms with Crippen LogP contribution in [0.4, 0.5) is 14.5 Å². The predicted molar refractivity (Wildman–Crippen MR) is 113 cm³/mol. The number of carbonyl (C=O) groups is 2. The number of nitrogens with one attached hydrogen (secondary N) is 1. The van der Waals surface area contributed by atoms with E-state index < -0.39 is 6.61 Å². The van der Waals surface area contributed by atoms with Crippen molar-refractivity contribution < 1.29 is 23.1 Å². The van der Waals surface area contributed by atoms with Crippen molar-refractivity contribution in [3.05, 3.63) is 58.6 Å². The molecule has 1 saturated heterocycles. The Labute approximate surface area is 181 Å². The van der Waals surface area contributed by atoms with Gasteiger partial charge in [0.1, 0.15) is 5.75 Å². The van der Waals surface area contributed by atoms with Gasteiger partial charge in [-0.25, -0.2) is 0 Å². The third kappa shape index (κ3) is 6.24. The van der Waals surface area contributed by atoms with Crippen LogP contribution in [0.15, 0.2) is 53.0 Å². The van der Waals surface area contributed by atoms with Crippen molar-refractivity contribution in [1.82, 2.24) is 9.80 Å². The van der Waals surface area contributed by atoms with Crippen LogP contribution in [0.3, 0.4) is 0 Å². The molecule has 0 atom stereocenters. The van der Waals surface area contributed by atoms with Gasteiger partial charge in [-0.15, -0.1) is 0 Å². The third-order valence-electron chi connectivity index (χ3n) is 4.78. The summed E-state index contributed by atoms with van der Waals surface area (Å²) >= 11 is 3.35. The Morgan fingerprint density at radius 1 is 1.03 bits per heavy atom. The summed E-state index contributed by atoms with van der Waals surface area (Å²) in [5, 5.41) is 2.85. The van der Waals surface area contributed by atoms with E-state index in [1.807, 2.05) is 24.3 Å². The Kier molecular flexibility index (Phi) is 7.75. The van der Waals surface area contributed by atoms with Gasteiger partial charge in [-0.3, -0.25) is 14.5 Å². The number of amides is 2. The molecule has 160 valence electrons. The van der Waals surface area contributed by atoms with Crippen molar-refractivity contribution in [2.24, 2.45) is 0 Å². The van der Waals surface area contributed by atoms with Gasteiger partial charge in [0.25, 0.3) is 5.91 Å². The van der Waals surface area contributed by atoms with Crippen LogP contribution in [0.1, 0.15) is 16.8 Å². The Morgan fingerprint density at radius 3 is 2.37 bits per heavy atom. The minimum atomic E-state index is -2.99. The number of nitrogens with zero attached hydrogens (tertiary/aromatic N) is 2. The molecule has 1 fully saturated rings. The first-order chi connectivity index (χ1) is 14.4. The first kappa shape index (κ1) is 22.2. The Morgan fingerprint density at radius 2 is 1.70 bits per heavy atom. The monoisotopic (exact) mass is 481 g/mol. The third-order valence-corrected chi connectivity index (χ3v) is 5.30. The number of ether oxygens (including phenoxy) is 1. The van der Waals surface area contributed by atoms with Crippen LogP contribution < -0.4 is 10.1 Å². The topological polar surface area (TPSA) is 61.9 Å². The van der Waals surface area contributed by atoms with Gasteiger partial charge in [0, 0.05) is 49.3 Å². The number of hydrogen-bond acceptors (Lipinski definition) is 4. The average molecular weight is 482 g/mol. The number of anilines is 1. The summed E-state index contributed by atoms with van der Waals surface area (Å²) in [5.41, 5.74) is 0.864. The van der Waals surface area contributed by atoms with Crippen molar-refractivity contribution in [2.75, 3.05) is 38.0 Å². The highest BCUT2D eigenvalue weighted by atomic mass is 79.9. The number of hydrogen-bond donors (Lipinski definition) is 1. The second-order valence-corrected chi connectivity index (χ2v) is 7.73. The van der Waals surface area contributed by atoms with Gasteiger partial charge < -0.3 is 15.0 Å². The van der Waals surface area contributed by atoms with E-state index in [0.29, 0.717) is 39.1 Å². The van der Waals surface area contributed by atoms with E-state index in [9.17, 15) is 18.4 Å². The van der Waals surface area contributed by atoms with Gasteiger partial charge in [-0.1, -0.05) is 28.1 Å². The zero-order valence-corrected chi connectivity index (χ0v) is 17.8. The smallest absolute Gasteiger partial charge is 0.387 e. The number of carbonyl (C=O) groups excluding carboxylic acids is 2. The van der Waals surface area contributed by atoms with E-state index >= 15 is 0 Å². The largest absolute Gasteiger partial charge is 0.434 e. The standard InChI is InChI=1S/C21H22BrF2N3O3/c22-15-5-7-16(8-6-15)25-19(28)9-10-26-11-13-27(14-12-26)20(29)17-3-1-2-4-18(17)30-21(23)24/h1-8,21H,9-14H2,(H,25,28). The maximum absolute atomic E-state index is 12.7. The lowest BCUT2D eigenvalue weighted by atomic mass is 10.1. The van der Waals surface area contributed by atoms with Crippen molar-refractivity contribution in [3.8, 4) is 5.75 Å². The molecular weight excluding hydrogens is 460 g/mol. The molecule has 2 aromatic rings. The molecule has 6 nitrogen and oxygen atoms in total. The fourth-order valence-electron chi connectivity index (χ4n) is 3.20. The van der Waals surface area contributed by atoms with E-state index in [2.05, 4.69) is 30.9 Å². The maximum atomic E-state index is 12.7. The van der Waals surface area contributed by atoms with Crippen LogP contribution in [0.25, 0.3) is 0 Å². The molecule has 1 heterocycles. The summed E-state index contributed by atoms with van der Waals surface area (Å²) in [5.74, 6) is -0.530. The van der Waals surface area contributed by atoms with Crippen LogP contribution in [0.2, 0.25) is 0 Å². The quantitative estimate of drug-likeness (QED) is 0.652. The summed E-state index contributed by atoms with van der Waals surface area (Å²) in [6.45, 7) is -0.286. The molecule has 1 aliphatic rings. The first-order valence-electron chi connectivity index (χ1n) is 9.53. The Hall–Kier alpha value is -2.52. The molecule has 9 heteroatoms. The fourth-order valence-corrected chi connectivity index (χ4v) is 3.47. The van der Waals surface area contributed by atoms with Gasteiger partial charge in [-0.2, -0.15) is 8.78 Å². The average Bonchev–Trinajstić information content (AvgIpc) is 2.74. The SMILES string of the molecule is O=C(CCN1CCN(C(=O)c2ccccc2OC(F)F)CC1)Nc1ccc(Br)cc1. The minimum absolute atomic E-state index is 0.0751. The van der Waals surface area contributed by atoms with Crippen LogP contribution in [0.5, 0.6) is 5.75 Å². The number of benzene rings is 2. The molecular formula is C21H22BrF2N3O3. The molecule has 0 spiro atoms. The molecule has 0 saturated carbocycles. The molecule has 30 heavy (non-hydrogen) atoms. The van der Waals surface area contributed by atoms with Gasteiger partial charge in [0.15, 0.2) is 0 Å². The summed E-state index contributed by atoms with van der Waals surface area (Å²) in [7, 11) is 0. The molecule has 0 aliphatic carbocycles. The molecule has 0 radical (unpaired) electrons. The number of alkyl halides is 2. The maximum Gasteiger partial charge on any atom is 0.387 e. The summed E-state index contributed by atoms with van der Waals surface area (Å²) in [6.07, 6.45) is 0.342. The molecule has 2 aromatic carbocycles. The second kappa shape index (κ2) is 10.5. The van der Waals surface area contributed by atoms with Crippen LogP contribution in [-0.4, -0.2) is 60.9 Å². The Balaban J connectivity index is 1.46. The lowest BCUT2D eigenvalue weighted by molar-refractivity contribution is -0.116. The van der Waals surface area contributed by atoms with Crippen molar-refractivity contribution in [3.63, 3.8) is 0 Å². The minimum Gasteiger partial charge on any atom is -0.434 e. The van der Waals surface area contributed by atoms with Crippen molar-refractivity contribution >= 4 is 33.4 Å². The highest BCUT2D eigenvalue weighted by molar-refractivity contribution is 9.10. The van der Waals surface area contributed by atoms with Crippen LogP contribution >= 0.6 is 15.9 Å². The number of halogens is 3. The highest BCUT2D eigenvalue weighted by Gasteiger charge is 2.25. The second-order valence-electron chi connectivity index (χ2n) is 6.81. The summed E-state index contributed by atoms with van der Waals surface area (Å²) in [6, 6.07) is 13.4. The lowest BCUT2D eigenvalue weighted by Crippen LogP contribution is -2.49. The fraction of sp³-hybridized carbons (Fsp3) is 0.333. The summed E-state index contributed by atoms with van der Waals surface area (Å²) in [4.78, 5) is 28.6. The predicted octanol–water partition coefficient (Wildman–Crippen LogP) is 3.84. The van der Waals surface area contributed by atoms with Gasteiger partial charge in [-0.05, 0) is 36.4 Å². The van der Waals surface area contributed by atoms with Crippen LogP contribution in [-0.2, 0) is 4.79 Å². The number of para-hydroxylation sites is 1. The molecule has 3 rings (SSSR count). The first-order valence-corrected chi connectivity index (χ1v) is 10.3. The normalized spacial score (nSPS) is 14.6. The zero-order chi connectivity index (χ0) is 21.5. The van der Waals surface area contributed by atoms with E-state index in [-0.39, 0.29) is 23.1 Å². The summed E-state index contributed by atoms with van der Waals surface area (Å²) < 4.78 is 30.5. The van der Waals surface area contributed by atoms with Gasteiger partial charge in [0.05, 0.1) is 5.56 Å². The van der Waals surface area contributed by atoms with Crippen molar-refractivity contribution in [2.45, 2.75) is 13.0 Å². The van der Waals surface area contributed by atoms with Gasteiger partial charge in [0.2, 0.25) is 5.91 Å². The molecule has 0 aromatic heterocycles. The molecule has 2 amide bonds. The molecule has 1 N–H and O–H groups in total. The molecule has 1 aliphatic heterocycles.